The van der Waals surface area contributed by atoms with E-state index in [9.17, 15) is 0 Å². The van der Waals surface area contributed by atoms with Crippen LogP contribution in [0.15, 0.2) is 140 Å². The maximum atomic E-state index is 5.45. The van der Waals surface area contributed by atoms with Crippen molar-refractivity contribution in [2.24, 2.45) is 0 Å². The Morgan fingerprint density at radius 1 is 0.438 bits per heavy atom. The molecule has 11 aromatic rings. The normalized spacial score (nSPS) is 12.6. The first-order valence-corrected chi connectivity index (χ1v) is 17.2. The molecule has 0 fully saturated rings. The molecule has 1 aliphatic carbocycles. The lowest BCUT2D eigenvalue weighted by atomic mass is 9.93. The van der Waals surface area contributed by atoms with Crippen molar-refractivity contribution in [1.82, 2.24) is 14.5 Å². The van der Waals surface area contributed by atoms with E-state index in [0.29, 0.717) is 0 Å². The van der Waals surface area contributed by atoms with Gasteiger partial charge in [-0.1, -0.05) is 97.1 Å². The summed E-state index contributed by atoms with van der Waals surface area (Å²) in [5.41, 5.74) is 8.56. The van der Waals surface area contributed by atoms with Gasteiger partial charge in [0.15, 0.2) is 5.82 Å². The zero-order valence-corrected chi connectivity index (χ0v) is 26.3. The van der Waals surface area contributed by atoms with Crippen molar-refractivity contribution in [2.75, 3.05) is 0 Å². The summed E-state index contributed by atoms with van der Waals surface area (Å²) in [5, 5.41) is 12.9. The summed E-state index contributed by atoms with van der Waals surface area (Å²) < 4.78 is 4.96. The van der Waals surface area contributed by atoms with Gasteiger partial charge in [0.25, 0.3) is 0 Å². The third-order valence-electron chi connectivity index (χ3n) is 10.5. The minimum atomic E-state index is 0.850. The summed E-state index contributed by atoms with van der Waals surface area (Å²) in [5.74, 6) is 0.850. The van der Waals surface area contributed by atoms with Crippen LogP contribution in [-0.4, -0.2) is 14.5 Å². The maximum absolute atomic E-state index is 5.45. The number of aromatic nitrogens is 3. The van der Waals surface area contributed by atoms with E-state index in [4.69, 9.17) is 9.97 Å². The molecule has 0 N–H and O–H groups in total. The second-order valence-corrected chi connectivity index (χ2v) is 14.0. The van der Waals surface area contributed by atoms with Crippen molar-refractivity contribution in [3.8, 4) is 28.2 Å². The van der Waals surface area contributed by atoms with E-state index in [0.717, 1.165) is 39.1 Å². The Bertz CT molecular complexity index is 3230. The fourth-order valence-corrected chi connectivity index (χ4v) is 9.53. The van der Waals surface area contributed by atoms with Crippen molar-refractivity contribution in [3.05, 3.63) is 140 Å². The van der Waals surface area contributed by atoms with E-state index in [-0.39, 0.29) is 0 Å². The van der Waals surface area contributed by atoms with Gasteiger partial charge in [0.05, 0.1) is 22.1 Å². The number of fused-ring (bicyclic) bond motifs is 5. The predicted molar refractivity (Wildman–Crippen MR) is 204 cm³/mol. The minimum Gasteiger partial charge on any atom is -0.292 e. The average Bonchev–Trinajstić information content (AvgIpc) is 3.64. The molecule has 220 valence electrons. The van der Waals surface area contributed by atoms with Gasteiger partial charge in [-0.2, -0.15) is 0 Å². The Kier molecular flexibility index (Phi) is 4.60. The van der Waals surface area contributed by atoms with Gasteiger partial charge in [0, 0.05) is 41.9 Å². The first-order chi connectivity index (χ1) is 23.8. The summed E-state index contributed by atoms with van der Waals surface area (Å²) in [6.45, 7) is 0. The van der Waals surface area contributed by atoms with Crippen molar-refractivity contribution in [3.63, 3.8) is 0 Å². The zero-order chi connectivity index (χ0) is 31.1. The Labute approximate surface area is 277 Å². The van der Waals surface area contributed by atoms with E-state index >= 15 is 0 Å². The molecule has 0 bridgehead atoms. The van der Waals surface area contributed by atoms with Crippen molar-refractivity contribution in [2.45, 2.75) is 0 Å². The molecule has 1 aliphatic rings. The topological polar surface area (TPSA) is 30.7 Å². The van der Waals surface area contributed by atoms with Crippen LogP contribution in [0.2, 0.25) is 0 Å². The number of hydrogen-bond acceptors (Lipinski definition) is 3. The molecule has 0 saturated carbocycles. The number of benzene rings is 8. The molecule has 0 unspecified atom stereocenters. The van der Waals surface area contributed by atoms with Crippen LogP contribution in [-0.2, 0) is 0 Å². The van der Waals surface area contributed by atoms with Gasteiger partial charge in [-0.25, -0.2) is 9.97 Å². The van der Waals surface area contributed by atoms with Crippen LogP contribution in [0.1, 0.15) is 0 Å². The molecule has 3 heterocycles. The van der Waals surface area contributed by atoms with Gasteiger partial charge >= 0.3 is 0 Å². The monoisotopic (exact) mass is 625 g/mol. The van der Waals surface area contributed by atoms with Crippen LogP contribution in [0.25, 0.3) is 114 Å². The molecule has 48 heavy (non-hydrogen) atoms. The van der Waals surface area contributed by atoms with Crippen LogP contribution in [0.5, 0.6) is 0 Å². The molecule has 0 aliphatic heterocycles. The molecule has 0 radical (unpaired) electrons. The minimum absolute atomic E-state index is 0.850. The molecule has 0 amide bonds. The Hall–Kier alpha value is -6.10. The highest BCUT2D eigenvalue weighted by molar-refractivity contribution is 7.25. The molecule has 0 atom stereocenters. The number of rotatable bonds is 2. The van der Waals surface area contributed by atoms with Gasteiger partial charge in [-0.05, 0) is 80.5 Å². The first-order valence-electron chi connectivity index (χ1n) is 16.3. The van der Waals surface area contributed by atoms with Gasteiger partial charge in [-0.3, -0.25) is 4.57 Å². The van der Waals surface area contributed by atoms with E-state index in [2.05, 4.69) is 132 Å². The lowest BCUT2D eigenvalue weighted by Gasteiger charge is -2.15. The Morgan fingerprint density at radius 3 is 1.94 bits per heavy atom. The molecular weight excluding hydrogens is 603 g/mol. The predicted octanol–water partition coefficient (Wildman–Crippen LogP) is 12.2. The van der Waals surface area contributed by atoms with Crippen LogP contribution >= 0.6 is 11.3 Å². The summed E-state index contributed by atoms with van der Waals surface area (Å²) in [6, 6.07) is 50.9. The van der Waals surface area contributed by atoms with Crippen molar-refractivity contribution < 1.29 is 0 Å². The van der Waals surface area contributed by atoms with Gasteiger partial charge in [0.1, 0.15) is 5.69 Å². The summed E-state index contributed by atoms with van der Waals surface area (Å²) in [6.07, 6.45) is 0. The third-order valence-corrected chi connectivity index (χ3v) is 11.6. The Morgan fingerprint density at radius 2 is 1.08 bits per heavy atom. The smallest absolute Gasteiger partial charge is 0.165 e. The van der Waals surface area contributed by atoms with Crippen LogP contribution < -0.4 is 0 Å². The van der Waals surface area contributed by atoms with Crippen LogP contribution in [0.4, 0.5) is 0 Å². The molecule has 4 heteroatoms. The highest BCUT2D eigenvalue weighted by Gasteiger charge is 2.26. The molecule has 8 aromatic carbocycles. The lowest BCUT2D eigenvalue weighted by molar-refractivity contribution is 1.08. The second kappa shape index (κ2) is 8.82. The van der Waals surface area contributed by atoms with E-state index < -0.39 is 0 Å². The van der Waals surface area contributed by atoms with E-state index in [1.54, 1.807) is 0 Å². The van der Waals surface area contributed by atoms with Crippen LogP contribution in [0, 0.1) is 0 Å². The molecule has 0 spiro atoms. The van der Waals surface area contributed by atoms with E-state index in [1.807, 2.05) is 23.5 Å². The van der Waals surface area contributed by atoms with Gasteiger partial charge < -0.3 is 0 Å². The van der Waals surface area contributed by atoms with E-state index in [1.165, 1.54) is 74.4 Å². The first kappa shape index (κ1) is 25.0. The Balaban J connectivity index is 1.28. The highest BCUT2D eigenvalue weighted by atomic mass is 32.1. The number of thiophene rings is 1. The fourth-order valence-electron chi connectivity index (χ4n) is 8.45. The average molecular weight is 626 g/mol. The number of para-hydroxylation sites is 2. The van der Waals surface area contributed by atoms with Gasteiger partial charge in [-0.15, -0.1) is 11.3 Å². The van der Waals surface area contributed by atoms with Crippen LogP contribution in [0.3, 0.4) is 0 Å². The number of nitrogens with zero attached hydrogens (tertiary/aromatic N) is 3. The molecule has 12 rings (SSSR count). The fraction of sp³-hybridized carbons (Fsp3) is 0. The zero-order valence-electron chi connectivity index (χ0n) is 25.5. The lowest BCUT2D eigenvalue weighted by Crippen LogP contribution is -2.03. The summed E-state index contributed by atoms with van der Waals surface area (Å²) >= 11 is 1.84. The summed E-state index contributed by atoms with van der Waals surface area (Å²) in [4.78, 5) is 10.8. The largest absolute Gasteiger partial charge is 0.292 e. The van der Waals surface area contributed by atoms with Gasteiger partial charge in [0.2, 0.25) is 0 Å². The molecule has 3 nitrogen and oxygen atoms in total. The quantitative estimate of drug-likeness (QED) is 0.179. The maximum Gasteiger partial charge on any atom is 0.165 e. The molecule has 0 saturated heterocycles. The third kappa shape index (κ3) is 3.08. The number of hydrogen-bond donors (Lipinski definition) is 0. The molecular formula is C44H23N3S. The van der Waals surface area contributed by atoms with Crippen molar-refractivity contribution in [1.29, 1.82) is 0 Å². The highest BCUT2D eigenvalue weighted by Crippen LogP contribution is 2.50. The van der Waals surface area contributed by atoms with Crippen molar-refractivity contribution >= 4 is 96.7 Å². The standard InChI is InChI=1S/C44H23N3S/c1-4-14-36-28(8-1)31-23-27(20-22-37(31)48-36)43-44(46-33-12-3-2-11-32(33)45-43)47-34-13-6-10-30-29-9-5-7-24-15-16-25-17-18-26-19-21-35(47)42(41(30)34)40(26)39(25)38(24)29/h1-23H. The second-order valence-electron chi connectivity index (χ2n) is 12.9. The molecule has 3 aromatic heterocycles. The summed E-state index contributed by atoms with van der Waals surface area (Å²) in [7, 11) is 0. The SMILES string of the molecule is c1cc2c3c(c1)ccc1ccc4ccc5c(c6c-2cccc6n5-c2nc5ccccc5nc2-c2ccc5sc6ccccc6c5c2)c4c13.